The van der Waals surface area contributed by atoms with Gasteiger partial charge in [0.25, 0.3) is 0 Å². The molecule has 0 amide bonds. The Kier molecular flexibility index (Phi) is 4.56. The second-order valence-electron chi connectivity index (χ2n) is 4.42. The van der Waals surface area contributed by atoms with Crippen LogP contribution in [-0.4, -0.2) is 23.9 Å². The molecule has 21 heavy (non-hydrogen) atoms. The van der Waals surface area contributed by atoms with Crippen molar-refractivity contribution in [2.75, 3.05) is 12.5 Å². The van der Waals surface area contributed by atoms with Crippen molar-refractivity contribution in [3.8, 4) is 5.75 Å². The number of hydrogen-bond acceptors (Lipinski definition) is 4. The van der Waals surface area contributed by atoms with Crippen LogP contribution in [0.2, 0.25) is 0 Å². The first-order valence-corrected chi connectivity index (χ1v) is 6.38. The lowest BCUT2D eigenvalue weighted by Crippen LogP contribution is -2.01. The minimum absolute atomic E-state index is 0.244. The Balaban J connectivity index is 2.10. The third kappa shape index (κ3) is 3.82. The van der Waals surface area contributed by atoms with E-state index in [0.29, 0.717) is 0 Å². The van der Waals surface area contributed by atoms with Crippen molar-refractivity contribution in [2.45, 2.75) is 6.92 Å². The molecule has 2 aromatic carbocycles. The fourth-order valence-electron chi connectivity index (χ4n) is 1.75. The number of hydrazone groups is 1. The summed E-state index contributed by atoms with van der Waals surface area (Å²) in [4.78, 5) is 10.8. The molecule has 2 N–H and O–H groups in total. The molecule has 0 heterocycles. The van der Waals surface area contributed by atoms with E-state index >= 15 is 0 Å². The Bertz CT molecular complexity index is 663. The fourth-order valence-corrected chi connectivity index (χ4v) is 1.75. The largest absolute Gasteiger partial charge is 0.497 e. The fraction of sp³-hybridized carbons (Fsp3) is 0.125. The van der Waals surface area contributed by atoms with Gasteiger partial charge < -0.3 is 9.84 Å². The summed E-state index contributed by atoms with van der Waals surface area (Å²) in [7, 11) is 1.62. The average molecular weight is 284 g/mol. The van der Waals surface area contributed by atoms with Crippen LogP contribution in [0.3, 0.4) is 0 Å². The maximum Gasteiger partial charge on any atom is 0.335 e. The smallest absolute Gasteiger partial charge is 0.335 e. The normalized spacial score (nSPS) is 11.0. The van der Waals surface area contributed by atoms with Crippen molar-refractivity contribution < 1.29 is 14.6 Å². The molecule has 0 aliphatic carbocycles. The number of methoxy groups -OCH3 is 1. The molecule has 0 spiro atoms. The van der Waals surface area contributed by atoms with Gasteiger partial charge in [0.15, 0.2) is 0 Å². The summed E-state index contributed by atoms with van der Waals surface area (Å²) >= 11 is 0. The van der Waals surface area contributed by atoms with Crippen LogP contribution in [0.4, 0.5) is 5.69 Å². The van der Waals surface area contributed by atoms with Gasteiger partial charge in [0, 0.05) is 5.56 Å². The van der Waals surface area contributed by atoms with E-state index in [2.05, 4.69) is 10.5 Å². The number of carboxylic acids is 1. The molecule has 5 nitrogen and oxygen atoms in total. The Hall–Kier alpha value is -2.82. The number of carboxylic acid groups (broad SMARTS) is 1. The number of aromatic carboxylic acids is 1. The quantitative estimate of drug-likeness (QED) is 0.653. The molecule has 0 fully saturated rings. The third-order valence-electron chi connectivity index (χ3n) is 2.97. The Morgan fingerprint density at radius 3 is 2.48 bits per heavy atom. The highest BCUT2D eigenvalue weighted by atomic mass is 16.5. The predicted molar refractivity (Wildman–Crippen MR) is 82.2 cm³/mol. The molecule has 5 heteroatoms. The summed E-state index contributed by atoms with van der Waals surface area (Å²) in [5.41, 5.74) is 5.62. The molecule has 0 saturated carbocycles. The standard InChI is InChI=1S/C16H16N2O3/c1-11(13-4-3-5-15(10-13)21-2)17-18-14-8-6-12(7-9-14)16(19)20/h3-10,18H,1-2H3,(H,19,20)/b17-11-. The molecule has 0 aliphatic heterocycles. The zero-order chi connectivity index (χ0) is 15.2. The van der Waals surface area contributed by atoms with Crippen LogP contribution in [0.1, 0.15) is 22.8 Å². The SMILES string of the molecule is COc1cccc(/C(C)=N\Nc2ccc(C(=O)O)cc2)c1. The summed E-state index contributed by atoms with van der Waals surface area (Å²) in [6.07, 6.45) is 0. The number of carbonyl (C=O) groups is 1. The van der Waals surface area contributed by atoms with Gasteiger partial charge in [-0.15, -0.1) is 0 Å². The van der Waals surface area contributed by atoms with E-state index in [4.69, 9.17) is 9.84 Å². The first kappa shape index (κ1) is 14.6. The van der Waals surface area contributed by atoms with Gasteiger partial charge in [-0.1, -0.05) is 12.1 Å². The van der Waals surface area contributed by atoms with Gasteiger partial charge >= 0.3 is 5.97 Å². The molecular weight excluding hydrogens is 268 g/mol. The molecule has 108 valence electrons. The highest BCUT2D eigenvalue weighted by Crippen LogP contribution is 2.14. The Labute approximate surface area is 122 Å². The van der Waals surface area contributed by atoms with Gasteiger partial charge in [-0.3, -0.25) is 5.43 Å². The number of anilines is 1. The van der Waals surface area contributed by atoms with Crippen molar-refractivity contribution in [1.29, 1.82) is 0 Å². The minimum Gasteiger partial charge on any atom is -0.497 e. The van der Waals surface area contributed by atoms with Crippen LogP contribution in [-0.2, 0) is 0 Å². The molecule has 0 unspecified atom stereocenters. The number of nitrogens with zero attached hydrogens (tertiary/aromatic N) is 1. The maximum absolute atomic E-state index is 10.8. The van der Waals surface area contributed by atoms with Gasteiger partial charge in [-0.05, 0) is 43.3 Å². The molecule has 2 rings (SSSR count). The second-order valence-corrected chi connectivity index (χ2v) is 4.42. The van der Waals surface area contributed by atoms with Crippen molar-refractivity contribution in [1.82, 2.24) is 0 Å². The van der Waals surface area contributed by atoms with Crippen molar-refractivity contribution in [3.05, 3.63) is 59.7 Å². The average Bonchev–Trinajstić information content (AvgIpc) is 2.53. The van der Waals surface area contributed by atoms with Crippen LogP contribution in [0.25, 0.3) is 0 Å². The van der Waals surface area contributed by atoms with E-state index in [0.717, 1.165) is 22.7 Å². The van der Waals surface area contributed by atoms with Crippen LogP contribution in [0.5, 0.6) is 5.75 Å². The third-order valence-corrected chi connectivity index (χ3v) is 2.97. The Morgan fingerprint density at radius 1 is 1.14 bits per heavy atom. The molecule has 2 aromatic rings. The van der Waals surface area contributed by atoms with E-state index < -0.39 is 5.97 Å². The zero-order valence-corrected chi connectivity index (χ0v) is 11.8. The Morgan fingerprint density at radius 2 is 1.86 bits per heavy atom. The predicted octanol–water partition coefficient (Wildman–Crippen LogP) is 3.23. The number of rotatable bonds is 5. The summed E-state index contributed by atoms with van der Waals surface area (Å²) < 4.78 is 5.17. The summed E-state index contributed by atoms with van der Waals surface area (Å²) in [5, 5.41) is 13.1. The van der Waals surface area contributed by atoms with Crippen LogP contribution < -0.4 is 10.2 Å². The van der Waals surface area contributed by atoms with Crippen molar-refractivity contribution in [2.24, 2.45) is 5.10 Å². The van der Waals surface area contributed by atoms with Crippen LogP contribution in [0, 0.1) is 0 Å². The maximum atomic E-state index is 10.8. The molecule has 0 saturated heterocycles. The lowest BCUT2D eigenvalue weighted by molar-refractivity contribution is 0.0697. The van der Waals surface area contributed by atoms with Gasteiger partial charge in [-0.25, -0.2) is 4.79 Å². The van der Waals surface area contributed by atoms with E-state index in [1.54, 1.807) is 19.2 Å². The molecular formula is C16H16N2O3. The minimum atomic E-state index is -0.947. The first-order chi connectivity index (χ1) is 10.1. The van der Waals surface area contributed by atoms with E-state index in [9.17, 15) is 4.79 Å². The molecule has 0 aliphatic rings. The highest BCUT2D eigenvalue weighted by molar-refractivity contribution is 5.99. The summed E-state index contributed by atoms with van der Waals surface area (Å²) in [6.45, 7) is 1.88. The summed E-state index contributed by atoms with van der Waals surface area (Å²) in [5.74, 6) is -0.175. The van der Waals surface area contributed by atoms with Crippen molar-refractivity contribution >= 4 is 17.4 Å². The monoisotopic (exact) mass is 284 g/mol. The lowest BCUT2D eigenvalue weighted by Gasteiger charge is -2.06. The van der Waals surface area contributed by atoms with E-state index in [1.165, 1.54) is 12.1 Å². The van der Waals surface area contributed by atoms with Gasteiger partial charge in [0.1, 0.15) is 5.75 Å². The second kappa shape index (κ2) is 6.56. The number of benzene rings is 2. The van der Waals surface area contributed by atoms with Gasteiger partial charge in [0.2, 0.25) is 0 Å². The van der Waals surface area contributed by atoms with Crippen molar-refractivity contribution in [3.63, 3.8) is 0 Å². The van der Waals surface area contributed by atoms with E-state index in [-0.39, 0.29) is 5.56 Å². The van der Waals surface area contributed by atoms with Crippen LogP contribution >= 0.6 is 0 Å². The van der Waals surface area contributed by atoms with E-state index in [1.807, 2.05) is 31.2 Å². The topological polar surface area (TPSA) is 70.9 Å². The van der Waals surface area contributed by atoms with Gasteiger partial charge in [0.05, 0.1) is 24.1 Å². The highest BCUT2D eigenvalue weighted by Gasteiger charge is 2.02. The number of ether oxygens (including phenoxy) is 1. The molecule has 0 bridgehead atoms. The molecule has 0 aromatic heterocycles. The summed E-state index contributed by atoms with van der Waals surface area (Å²) in [6, 6.07) is 14.0. The van der Waals surface area contributed by atoms with Crippen LogP contribution in [0.15, 0.2) is 53.6 Å². The number of hydrogen-bond donors (Lipinski definition) is 2. The van der Waals surface area contributed by atoms with Gasteiger partial charge in [-0.2, -0.15) is 5.10 Å². The first-order valence-electron chi connectivity index (χ1n) is 6.38. The number of nitrogens with one attached hydrogen (secondary N) is 1. The zero-order valence-electron chi connectivity index (χ0n) is 11.8. The molecule has 0 radical (unpaired) electrons. The lowest BCUT2D eigenvalue weighted by atomic mass is 10.1. The molecule has 0 atom stereocenters.